The quantitative estimate of drug-likeness (QED) is 0.728. The lowest BCUT2D eigenvalue weighted by Gasteiger charge is -2.21. The van der Waals surface area contributed by atoms with Crippen molar-refractivity contribution in [3.05, 3.63) is 0 Å². The van der Waals surface area contributed by atoms with Crippen molar-refractivity contribution in [2.24, 2.45) is 5.92 Å². The van der Waals surface area contributed by atoms with Crippen LogP contribution in [-0.2, 0) is 4.79 Å². The van der Waals surface area contributed by atoms with Gasteiger partial charge in [-0.2, -0.15) is 0 Å². The Kier molecular flexibility index (Phi) is 5.69. The second-order valence-corrected chi connectivity index (χ2v) is 4.70. The Morgan fingerprint density at radius 3 is 2.60 bits per heavy atom. The normalized spacial score (nSPS) is 19.9. The molecular formula is C12H24N2O. The number of rotatable bonds is 5. The van der Waals surface area contributed by atoms with E-state index < -0.39 is 0 Å². The molecule has 0 aliphatic heterocycles. The number of carbonyl (C=O) groups excluding carboxylic acids is 1. The first-order chi connectivity index (χ1) is 7.22. The molecule has 0 spiro atoms. The molecule has 0 heterocycles. The number of nitrogens with one attached hydrogen (secondary N) is 2. The molecule has 3 nitrogen and oxygen atoms in total. The molecule has 0 aromatic heterocycles. The van der Waals surface area contributed by atoms with Crippen molar-refractivity contribution in [2.45, 2.75) is 51.5 Å². The second-order valence-electron chi connectivity index (χ2n) is 4.70. The van der Waals surface area contributed by atoms with Crippen LogP contribution in [0.2, 0.25) is 0 Å². The molecule has 1 amide bonds. The van der Waals surface area contributed by atoms with E-state index in [1.807, 2.05) is 7.05 Å². The van der Waals surface area contributed by atoms with Gasteiger partial charge < -0.3 is 10.6 Å². The minimum atomic E-state index is 0.226. The van der Waals surface area contributed by atoms with Crippen LogP contribution in [0.4, 0.5) is 0 Å². The number of hydrogen-bond donors (Lipinski definition) is 2. The summed E-state index contributed by atoms with van der Waals surface area (Å²) in [4.78, 5) is 11.6. The van der Waals surface area contributed by atoms with Crippen LogP contribution in [0.15, 0.2) is 0 Å². The molecule has 1 unspecified atom stereocenters. The molecule has 0 bridgehead atoms. The Labute approximate surface area is 93.0 Å². The summed E-state index contributed by atoms with van der Waals surface area (Å²) in [5.74, 6) is 0.868. The average molecular weight is 212 g/mol. The Hall–Kier alpha value is -0.570. The van der Waals surface area contributed by atoms with Crippen molar-refractivity contribution < 1.29 is 4.79 Å². The third-order valence-corrected chi connectivity index (χ3v) is 3.30. The van der Waals surface area contributed by atoms with E-state index in [4.69, 9.17) is 0 Å². The largest absolute Gasteiger partial charge is 0.355 e. The average Bonchev–Trinajstić information content (AvgIpc) is 2.27. The van der Waals surface area contributed by atoms with Crippen LogP contribution in [-0.4, -0.2) is 25.5 Å². The monoisotopic (exact) mass is 212 g/mol. The predicted octanol–water partition coefficient (Wildman–Crippen LogP) is 1.68. The summed E-state index contributed by atoms with van der Waals surface area (Å²) in [6, 6.07) is 0.361. The highest BCUT2D eigenvalue weighted by Gasteiger charge is 2.16. The van der Waals surface area contributed by atoms with Crippen molar-refractivity contribution in [1.29, 1.82) is 0 Å². The fourth-order valence-electron chi connectivity index (χ4n) is 2.09. The highest BCUT2D eigenvalue weighted by molar-refractivity contribution is 5.76. The highest BCUT2D eigenvalue weighted by Crippen LogP contribution is 2.25. The lowest BCUT2D eigenvalue weighted by atomic mass is 9.87. The first kappa shape index (κ1) is 12.5. The predicted molar refractivity (Wildman–Crippen MR) is 62.7 cm³/mol. The van der Waals surface area contributed by atoms with Crippen LogP contribution in [0.5, 0.6) is 0 Å². The van der Waals surface area contributed by atoms with Crippen LogP contribution in [0, 0.1) is 5.92 Å². The summed E-state index contributed by atoms with van der Waals surface area (Å²) in [6.07, 6.45) is 7.20. The summed E-state index contributed by atoms with van der Waals surface area (Å²) in [6.45, 7) is 2.81. The van der Waals surface area contributed by atoms with E-state index in [-0.39, 0.29) is 5.91 Å². The van der Waals surface area contributed by atoms with E-state index >= 15 is 0 Å². The molecule has 1 saturated carbocycles. The van der Waals surface area contributed by atoms with Crippen molar-refractivity contribution in [3.63, 3.8) is 0 Å². The molecule has 1 aliphatic rings. The summed E-state index contributed by atoms with van der Waals surface area (Å²) >= 11 is 0. The third-order valence-electron chi connectivity index (χ3n) is 3.30. The zero-order valence-corrected chi connectivity index (χ0v) is 10.0. The fraction of sp³-hybridized carbons (Fsp3) is 0.917. The lowest BCUT2D eigenvalue weighted by Crippen LogP contribution is -2.37. The van der Waals surface area contributed by atoms with Crippen LogP contribution in [0.3, 0.4) is 0 Å². The Morgan fingerprint density at radius 2 is 2.00 bits per heavy atom. The topological polar surface area (TPSA) is 41.1 Å². The van der Waals surface area contributed by atoms with Crippen molar-refractivity contribution in [1.82, 2.24) is 10.6 Å². The molecular weight excluding hydrogens is 188 g/mol. The Balaban J connectivity index is 2.11. The van der Waals surface area contributed by atoms with Gasteiger partial charge in [-0.15, -0.1) is 0 Å². The second kappa shape index (κ2) is 6.83. The van der Waals surface area contributed by atoms with Gasteiger partial charge in [0.2, 0.25) is 5.91 Å². The highest BCUT2D eigenvalue weighted by atomic mass is 16.1. The summed E-state index contributed by atoms with van der Waals surface area (Å²) in [5.41, 5.74) is 0. The standard InChI is InChI=1S/C12H24N2O/c1-10(13-2)9-14-12(15)8-11-6-4-3-5-7-11/h10-11,13H,3-9H2,1-2H3,(H,14,15). The number of amides is 1. The molecule has 1 aliphatic carbocycles. The van der Waals surface area contributed by atoms with Crippen molar-refractivity contribution >= 4 is 5.91 Å². The van der Waals surface area contributed by atoms with Gasteiger partial charge in [0.1, 0.15) is 0 Å². The zero-order chi connectivity index (χ0) is 11.1. The van der Waals surface area contributed by atoms with E-state index in [2.05, 4.69) is 17.6 Å². The van der Waals surface area contributed by atoms with Gasteiger partial charge in [0, 0.05) is 19.0 Å². The first-order valence-corrected chi connectivity index (χ1v) is 6.16. The minimum Gasteiger partial charge on any atom is -0.355 e. The lowest BCUT2D eigenvalue weighted by molar-refractivity contribution is -0.122. The van der Waals surface area contributed by atoms with E-state index in [0.717, 1.165) is 13.0 Å². The minimum absolute atomic E-state index is 0.226. The van der Waals surface area contributed by atoms with Crippen molar-refractivity contribution in [2.75, 3.05) is 13.6 Å². The van der Waals surface area contributed by atoms with Crippen LogP contribution < -0.4 is 10.6 Å². The van der Waals surface area contributed by atoms with Gasteiger partial charge in [-0.05, 0) is 32.7 Å². The third kappa shape index (κ3) is 5.17. The molecule has 1 atom stereocenters. The fourth-order valence-corrected chi connectivity index (χ4v) is 2.09. The molecule has 1 rings (SSSR count). The van der Waals surface area contributed by atoms with Crippen LogP contribution in [0.25, 0.3) is 0 Å². The molecule has 1 fully saturated rings. The van der Waals surface area contributed by atoms with Crippen molar-refractivity contribution in [3.8, 4) is 0 Å². The van der Waals surface area contributed by atoms with E-state index in [0.29, 0.717) is 12.0 Å². The van der Waals surface area contributed by atoms with Crippen LogP contribution in [0.1, 0.15) is 45.4 Å². The van der Waals surface area contributed by atoms with E-state index in [1.54, 1.807) is 0 Å². The van der Waals surface area contributed by atoms with E-state index in [1.165, 1.54) is 32.1 Å². The smallest absolute Gasteiger partial charge is 0.220 e. The molecule has 2 N–H and O–H groups in total. The molecule has 0 saturated heterocycles. The molecule has 15 heavy (non-hydrogen) atoms. The first-order valence-electron chi connectivity index (χ1n) is 6.16. The maximum absolute atomic E-state index is 11.6. The Morgan fingerprint density at radius 1 is 1.33 bits per heavy atom. The number of hydrogen-bond acceptors (Lipinski definition) is 2. The SMILES string of the molecule is CNC(C)CNC(=O)CC1CCCCC1. The molecule has 0 aromatic rings. The van der Waals surface area contributed by atoms with Gasteiger partial charge in [0.25, 0.3) is 0 Å². The maximum Gasteiger partial charge on any atom is 0.220 e. The van der Waals surface area contributed by atoms with Crippen LogP contribution >= 0.6 is 0 Å². The van der Waals surface area contributed by atoms with Gasteiger partial charge in [-0.3, -0.25) is 4.79 Å². The zero-order valence-electron chi connectivity index (χ0n) is 10.0. The molecule has 88 valence electrons. The maximum atomic E-state index is 11.6. The van der Waals surface area contributed by atoms with Gasteiger partial charge >= 0.3 is 0 Å². The van der Waals surface area contributed by atoms with Gasteiger partial charge in [0.15, 0.2) is 0 Å². The Bertz CT molecular complexity index is 188. The number of carbonyl (C=O) groups is 1. The summed E-state index contributed by atoms with van der Waals surface area (Å²) in [5, 5.41) is 6.09. The number of likely N-dealkylation sites (N-methyl/N-ethyl adjacent to an activating group) is 1. The molecule has 3 heteroatoms. The van der Waals surface area contributed by atoms with Gasteiger partial charge in [-0.25, -0.2) is 0 Å². The molecule has 0 aromatic carbocycles. The molecule has 0 radical (unpaired) electrons. The van der Waals surface area contributed by atoms with E-state index in [9.17, 15) is 4.79 Å². The summed E-state index contributed by atoms with van der Waals surface area (Å²) < 4.78 is 0. The van der Waals surface area contributed by atoms with Gasteiger partial charge in [-0.1, -0.05) is 19.3 Å². The van der Waals surface area contributed by atoms with Gasteiger partial charge in [0.05, 0.1) is 0 Å². The summed E-state index contributed by atoms with van der Waals surface area (Å²) in [7, 11) is 1.91.